The molecular weight excluding hydrogens is 505 g/mol. The molecule has 36 heavy (non-hydrogen) atoms. The lowest BCUT2D eigenvalue weighted by Crippen LogP contribution is -2.17. The zero-order valence-corrected chi connectivity index (χ0v) is 17.6. The summed E-state index contributed by atoms with van der Waals surface area (Å²) in [4.78, 5) is 7.74. The fourth-order valence-corrected chi connectivity index (χ4v) is 3.51. The topological polar surface area (TPSA) is 39.9 Å². The molecule has 2 aromatic heterocycles. The second-order valence-electron chi connectivity index (χ2n) is 7.38. The molecule has 0 saturated heterocycles. The van der Waals surface area contributed by atoms with Gasteiger partial charge in [0.15, 0.2) is 0 Å². The molecule has 4 aromatic rings. The Balaban J connectivity index is 1.91. The summed E-state index contributed by atoms with van der Waals surface area (Å²) in [6.45, 7) is 0. The van der Waals surface area contributed by atoms with Crippen molar-refractivity contribution >= 4 is 0 Å². The number of para-hydroxylation sites is 1. The summed E-state index contributed by atoms with van der Waals surface area (Å²) >= 11 is 0. The predicted molar refractivity (Wildman–Crippen MR) is 109 cm³/mol. The second-order valence-corrected chi connectivity index (χ2v) is 7.38. The molecule has 0 atom stereocenters. The largest absolute Gasteiger partial charge is 0.573 e. The normalized spacial score (nSPS) is 12.6. The third kappa shape index (κ3) is 5.29. The number of benzene rings is 2. The number of alkyl halides is 9. The van der Waals surface area contributed by atoms with Crippen molar-refractivity contribution in [3.8, 4) is 33.8 Å². The van der Waals surface area contributed by atoms with E-state index in [2.05, 4.69) is 14.7 Å². The summed E-state index contributed by atoms with van der Waals surface area (Å²) in [6.07, 6.45) is -10.6. The van der Waals surface area contributed by atoms with Crippen LogP contribution in [0.25, 0.3) is 28.1 Å². The Bertz CT molecular complexity index is 1360. The quantitative estimate of drug-likeness (QED) is 0.263. The standard InChI is InChI=1S/C23H12F9N3O/c24-21(25,26)14-7-13(8-15(9-14)22(27,28)29)18-10-34-12-35(18)19-11-33-6-5-16(19)17-3-1-2-4-20(17)36-23(30,31)32/h1-12H. The molecule has 0 spiro atoms. The van der Waals surface area contributed by atoms with Gasteiger partial charge >= 0.3 is 18.7 Å². The van der Waals surface area contributed by atoms with Gasteiger partial charge in [0.25, 0.3) is 0 Å². The van der Waals surface area contributed by atoms with Crippen molar-refractivity contribution < 1.29 is 44.3 Å². The average molecular weight is 517 g/mol. The summed E-state index contributed by atoms with van der Waals surface area (Å²) in [7, 11) is 0. The first kappa shape index (κ1) is 25.1. The first-order valence-corrected chi connectivity index (χ1v) is 9.86. The maximum atomic E-state index is 13.4. The molecule has 188 valence electrons. The number of imidazole rings is 1. The molecule has 13 heteroatoms. The monoisotopic (exact) mass is 517 g/mol. The average Bonchev–Trinajstić information content (AvgIpc) is 3.27. The smallest absolute Gasteiger partial charge is 0.405 e. The minimum Gasteiger partial charge on any atom is -0.405 e. The molecule has 4 rings (SSSR count). The van der Waals surface area contributed by atoms with E-state index in [4.69, 9.17) is 0 Å². The summed E-state index contributed by atoms with van der Waals surface area (Å²) < 4.78 is 124. The van der Waals surface area contributed by atoms with Crippen LogP contribution < -0.4 is 4.74 Å². The first-order chi connectivity index (χ1) is 16.7. The van der Waals surface area contributed by atoms with Crippen LogP contribution in [0.4, 0.5) is 39.5 Å². The van der Waals surface area contributed by atoms with E-state index in [1.165, 1.54) is 36.7 Å². The first-order valence-electron chi connectivity index (χ1n) is 9.86. The highest BCUT2D eigenvalue weighted by Gasteiger charge is 2.37. The van der Waals surface area contributed by atoms with Gasteiger partial charge in [0.2, 0.25) is 0 Å². The molecule has 2 heterocycles. The Kier molecular flexibility index (Phi) is 6.18. The van der Waals surface area contributed by atoms with Gasteiger partial charge in [-0.15, -0.1) is 13.2 Å². The van der Waals surface area contributed by atoms with Crippen LogP contribution in [0.2, 0.25) is 0 Å². The molecule has 0 radical (unpaired) electrons. The van der Waals surface area contributed by atoms with Crippen LogP contribution in [0.15, 0.2) is 73.4 Å². The van der Waals surface area contributed by atoms with E-state index in [9.17, 15) is 39.5 Å². The minimum absolute atomic E-state index is 0.00949. The highest BCUT2D eigenvalue weighted by atomic mass is 19.4. The highest BCUT2D eigenvalue weighted by molar-refractivity contribution is 5.79. The molecule has 0 saturated carbocycles. The molecule has 0 aliphatic carbocycles. The van der Waals surface area contributed by atoms with Crippen LogP contribution in [0, 0.1) is 0 Å². The Labute approximate surface area is 196 Å². The Morgan fingerprint density at radius 2 is 1.33 bits per heavy atom. The molecule has 0 unspecified atom stereocenters. The van der Waals surface area contributed by atoms with Crippen molar-refractivity contribution in [2.45, 2.75) is 18.7 Å². The molecule has 2 aromatic carbocycles. The van der Waals surface area contributed by atoms with Gasteiger partial charge in [-0.25, -0.2) is 4.98 Å². The van der Waals surface area contributed by atoms with Gasteiger partial charge in [0.05, 0.1) is 41.2 Å². The maximum Gasteiger partial charge on any atom is 0.573 e. The van der Waals surface area contributed by atoms with Crippen LogP contribution >= 0.6 is 0 Å². The number of ether oxygens (including phenoxy) is 1. The number of hydrogen-bond donors (Lipinski definition) is 0. The van der Waals surface area contributed by atoms with Crippen LogP contribution in [0.5, 0.6) is 5.75 Å². The lowest BCUT2D eigenvalue weighted by Gasteiger charge is -2.18. The van der Waals surface area contributed by atoms with E-state index >= 15 is 0 Å². The lowest BCUT2D eigenvalue weighted by molar-refractivity contribution is -0.274. The third-order valence-electron chi connectivity index (χ3n) is 4.98. The number of rotatable bonds is 4. The summed E-state index contributed by atoms with van der Waals surface area (Å²) in [6, 6.07) is 7.47. The number of pyridine rings is 1. The van der Waals surface area contributed by atoms with Gasteiger partial charge in [0, 0.05) is 22.9 Å². The summed E-state index contributed by atoms with van der Waals surface area (Å²) in [5.74, 6) is -0.572. The van der Waals surface area contributed by atoms with Crippen molar-refractivity contribution in [1.29, 1.82) is 0 Å². The van der Waals surface area contributed by atoms with E-state index < -0.39 is 41.2 Å². The minimum atomic E-state index is -5.08. The van der Waals surface area contributed by atoms with Crippen molar-refractivity contribution in [3.05, 3.63) is 84.6 Å². The van der Waals surface area contributed by atoms with Gasteiger partial charge in [0.1, 0.15) is 5.75 Å². The molecule has 0 amide bonds. The van der Waals surface area contributed by atoms with E-state index in [0.29, 0.717) is 12.1 Å². The van der Waals surface area contributed by atoms with Crippen LogP contribution in [0.1, 0.15) is 11.1 Å². The highest BCUT2D eigenvalue weighted by Crippen LogP contribution is 2.41. The summed E-state index contributed by atoms with van der Waals surface area (Å²) in [5, 5.41) is 0. The van der Waals surface area contributed by atoms with Gasteiger partial charge in [-0.1, -0.05) is 18.2 Å². The predicted octanol–water partition coefficient (Wildman–Crippen LogP) is 7.54. The van der Waals surface area contributed by atoms with E-state index in [1.54, 1.807) is 0 Å². The van der Waals surface area contributed by atoms with Crippen molar-refractivity contribution in [3.63, 3.8) is 0 Å². The molecule has 0 aliphatic heterocycles. The third-order valence-corrected chi connectivity index (χ3v) is 4.98. The van der Waals surface area contributed by atoms with Crippen LogP contribution in [0.3, 0.4) is 0 Å². The fourth-order valence-electron chi connectivity index (χ4n) is 3.51. The SMILES string of the molecule is FC(F)(F)Oc1ccccc1-c1ccncc1-n1cncc1-c1cc(C(F)(F)F)cc(C(F)(F)F)c1. The van der Waals surface area contributed by atoms with Gasteiger partial charge in [-0.3, -0.25) is 9.55 Å². The Morgan fingerprint density at radius 3 is 1.94 bits per heavy atom. The number of halogens is 9. The Hall–Kier alpha value is -4.03. The number of hydrogen-bond acceptors (Lipinski definition) is 3. The zero-order chi connectivity index (χ0) is 26.3. The van der Waals surface area contributed by atoms with Gasteiger partial charge in [-0.2, -0.15) is 26.3 Å². The zero-order valence-electron chi connectivity index (χ0n) is 17.6. The van der Waals surface area contributed by atoms with Crippen LogP contribution in [-0.4, -0.2) is 20.9 Å². The van der Waals surface area contributed by atoms with Crippen molar-refractivity contribution in [1.82, 2.24) is 14.5 Å². The maximum absolute atomic E-state index is 13.4. The molecule has 0 aliphatic rings. The molecular formula is C23H12F9N3O. The molecule has 4 nitrogen and oxygen atoms in total. The van der Waals surface area contributed by atoms with Crippen molar-refractivity contribution in [2.75, 3.05) is 0 Å². The Morgan fingerprint density at radius 1 is 0.694 bits per heavy atom. The van der Waals surface area contributed by atoms with Gasteiger partial charge in [-0.05, 0) is 30.3 Å². The fraction of sp³-hybridized carbons (Fsp3) is 0.130. The number of aromatic nitrogens is 3. The molecule has 0 bridgehead atoms. The van der Waals surface area contributed by atoms with Crippen molar-refractivity contribution in [2.24, 2.45) is 0 Å². The van der Waals surface area contributed by atoms with Gasteiger partial charge < -0.3 is 4.74 Å². The molecule has 0 N–H and O–H groups in total. The van der Waals surface area contributed by atoms with E-state index in [1.807, 2.05) is 0 Å². The number of nitrogens with zero attached hydrogens (tertiary/aromatic N) is 3. The van der Waals surface area contributed by atoms with E-state index in [0.717, 1.165) is 23.2 Å². The lowest BCUT2D eigenvalue weighted by atomic mass is 10.0. The summed E-state index contributed by atoms with van der Waals surface area (Å²) in [5.41, 5.74) is -3.63. The van der Waals surface area contributed by atoms with Crippen LogP contribution in [-0.2, 0) is 12.4 Å². The van der Waals surface area contributed by atoms with E-state index in [-0.39, 0.29) is 28.6 Å². The second kappa shape index (κ2) is 8.88. The molecule has 0 fully saturated rings.